The van der Waals surface area contributed by atoms with E-state index in [1.54, 1.807) is 7.11 Å². The first-order valence-corrected chi connectivity index (χ1v) is 7.00. The molecule has 0 aromatic heterocycles. The van der Waals surface area contributed by atoms with Crippen molar-refractivity contribution in [2.24, 2.45) is 17.6 Å². The SMILES string of the molecule is COc1ccc(C(O)C(CN)CC(C)C)cc1Br. The minimum absolute atomic E-state index is 0.0882. The predicted octanol–water partition coefficient (Wildman–Crippen LogP) is 3.11. The summed E-state index contributed by atoms with van der Waals surface area (Å²) in [5.41, 5.74) is 6.63. The molecule has 18 heavy (non-hydrogen) atoms. The summed E-state index contributed by atoms with van der Waals surface area (Å²) in [6.45, 7) is 4.77. The van der Waals surface area contributed by atoms with Crippen LogP contribution in [0.15, 0.2) is 22.7 Å². The number of methoxy groups -OCH3 is 1. The van der Waals surface area contributed by atoms with Crippen molar-refractivity contribution in [2.75, 3.05) is 13.7 Å². The van der Waals surface area contributed by atoms with E-state index in [0.29, 0.717) is 12.5 Å². The lowest BCUT2D eigenvalue weighted by Crippen LogP contribution is -2.23. The van der Waals surface area contributed by atoms with Crippen LogP contribution < -0.4 is 10.5 Å². The van der Waals surface area contributed by atoms with Gasteiger partial charge in [-0.25, -0.2) is 0 Å². The summed E-state index contributed by atoms with van der Waals surface area (Å²) in [5.74, 6) is 1.37. The van der Waals surface area contributed by atoms with E-state index in [0.717, 1.165) is 22.2 Å². The summed E-state index contributed by atoms with van der Waals surface area (Å²) in [6.07, 6.45) is 0.390. The molecule has 0 fully saturated rings. The molecular weight excluding hydrogens is 294 g/mol. The number of benzene rings is 1. The van der Waals surface area contributed by atoms with Crippen LogP contribution in [-0.2, 0) is 0 Å². The second kappa shape index (κ2) is 7.12. The highest BCUT2D eigenvalue weighted by Crippen LogP contribution is 2.32. The van der Waals surface area contributed by atoms with Crippen LogP contribution in [0.25, 0.3) is 0 Å². The van der Waals surface area contributed by atoms with Gasteiger partial charge in [0, 0.05) is 5.92 Å². The maximum atomic E-state index is 10.4. The molecule has 4 heteroatoms. The molecule has 0 amide bonds. The lowest BCUT2D eigenvalue weighted by Gasteiger charge is -2.24. The molecular formula is C14H22BrNO2. The molecule has 0 aliphatic heterocycles. The van der Waals surface area contributed by atoms with Crippen LogP contribution in [-0.4, -0.2) is 18.8 Å². The lowest BCUT2D eigenvalue weighted by molar-refractivity contribution is 0.0994. The first kappa shape index (κ1) is 15.5. The molecule has 0 radical (unpaired) electrons. The van der Waals surface area contributed by atoms with E-state index < -0.39 is 6.10 Å². The summed E-state index contributed by atoms with van der Waals surface area (Å²) < 4.78 is 6.03. The number of aliphatic hydroxyl groups is 1. The zero-order chi connectivity index (χ0) is 13.7. The first-order valence-electron chi connectivity index (χ1n) is 6.21. The number of hydrogen-bond acceptors (Lipinski definition) is 3. The third-order valence-corrected chi connectivity index (χ3v) is 3.66. The van der Waals surface area contributed by atoms with Crippen molar-refractivity contribution in [2.45, 2.75) is 26.4 Å². The van der Waals surface area contributed by atoms with Crippen molar-refractivity contribution >= 4 is 15.9 Å². The van der Waals surface area contributed by atoms with Gasteiger partial charge in [0.05, 0.1) is 17.7 Å². The van der Waals surface area contributed by atoms with Crippen molar-refractivity contribution in [3.05, 3.63) is 28.2 Å². The minimum Gasteiger partial charge on any atom is -0.496 e. The van der Waals surface area contributed by atoms with Gasteiger partial charge in [0.15, 0.2) is 0 Å². The summed E-state index contributed by atoms with van der Waals surface area (Å²) in [7, 11) is 1.62. The topological polar surface area (TPSA) is 55.5 Å². The lowest BCUT2D eigenvalue weighted by atomic mass is 9.88. The molecule has 0 saturated heterocycles. The van der Waals surface area contributed by atoms with E-state index in [9.17, 15) is 5.11 Å². The Balaban J connectivity index is 2.87. The number of aliphatic hydroxyl groups excluding tert-OH is 1. The minimum atomic E-state index is -0.528. The number of hydrogen-bond donors (Lipinski definition) is 2. The molecule has 3 nitrogen and oxygen atoms in total. The van der Waals surface area contributed by atoms with Crippen molar-refractivity contribution < 1.29 is 9.84 Å². The van der Waals surface area contributed by atoms with E-state index >= 15 is 0 Å². The fourth-order valence-corrected chi connectivity index (χ4v) is 2.66. The molecule has 0 aliphatic rings. The molecule has 2 unspecified atom stereocenters. The molecule has 0 aliphatic carbocycles. The second-order valence-corrected chi connectivity index (χ2v) is 5.82. The number of nitrogens with two attached hydrogens (primary N) is 1. The maximum Gasteiger partial charge on any atom is 0.133 e. The largest absolute Gasteiger partial charge is 0.496 e. The van der Waals surface area contributed by atoms with Gasteiger partial charge in [-0.1, -0.05) is 19.9 Å². The zero-order valence-corrected chi connectivity index (χ0v) is 12.8. The standard InChI is InChI=1S/C14H22BrNO2/c1-9(2)6-11(8-16)14(17)10-4-5-13(18-3)12(15)7-10/h4-5,7,9,11,14,17H,6,8,16H2,1-3H3. The van der Waals surface area contributed by atoms with Crippen LogP contribution in [0, 0.1) is 11.8 Å². The normalized spacial score (nSPS) is 14.6. The van der Waals surface area contributed by atoms with Gasteiger partial charge in [0.25, 0.3) is 0 Å². The summed E-state index contributed by atoms with van der Waals surface area (Å²) in [4.78, 5) is 0. The molecule has 3 N–H and O–H groups in total. The van der Waals surface area contributed by atoms with Crippen molar-refractivity contribution in [1.82, 2.24) is 0 Å². The zero-order valence-electron chi connectivity index (χ0n) is 11.2. The van der Waals surface area contributed by atoms with E-state index in [1.165, 1.54) is 0 Å². The molecule has 1 aromatic carbocycles. The van der Waals surface area contributed by atoms with Crippen LogP contribution in [0.2, 0.25) is 0 Å². The monoisotopic (exact) mass is 315 g/mol. The fraction of sp³-hybridized carbons (Fsp3) is 0.571. The molecule has 2 atom stereocenters. The average Bonchev–Trinajstić information content (AvgIpc) is 2.34. The Morgan fingerprint density at radius 2 is 2.06 bits per heavy atom. The molecule has 0 saturated carbocycles. The van der Waals surface area contributed by atoms with Gasteiger partial charge in [0.2, 0.25) is 0 Å². The van der Waals surface area contributed by atoms with Crippen molar-refractivity contribution in [1.29, 1.82) is 0 Å². The van der Waals surface area contributed by atoms with Gasteiger partial charge in [-0.3, -0.25) is 0 Å². The summed E-state index contributed by atoms with van der Waals surface area (Å²) in [6, 6.07) is 5.63. The third-order valence-electron chi connectivity index (χ3n) is 3.04. The van der Waals surface area contributed by atoms with Gasteiger partial charge < -0.3 is 15.6 Å². The predicted molar refractivity (Wildman–Crippen MR) is 77.7 cm³/mol. The second-order valence-electron chi connectivity index (χ2n) is 4.96. The molecule has 1 aromatic rings. The Labute approximate surface area is 117 Å². The highest BCUT2D eigenvalue weighted by Gasteiger charge is 2.21. The first-order chi connectivity index (χ1) is 8.49. The van der Waals surface area contributed by atoms with Gasteiger partial charge in [-0.15, -0.1) is 0 Å². The van der Waals surface area contributed by atoms with E-state index in [1.807, 2.05) is 18.2 Å². The van der Waals surface area contributed by atoms with E-state index in [2.05, 4.69) is 29.8 Å². The fourth-order valence-electron chi connectivity index (χ4n) is 2.10. The highest BCUT2D eigenvalue weighted by molar-refractivity contribution is 9.10. The molecule has 0 bridgehead atoms. The van der Waals surface area contributed by atoms with Crippen LogP contribution in [0.1, 0.15) is 31.9 Å². The van der Waals surface area contributed by atoms with Crippen LogP contribution in [0.5, 0.6) is 5.75 Å². The Morgan fingerprint density at radius 1 is 1.39 bits per heavy atom. The average molecular weight is 316 g/mol. The molecule has 102 valence electrons. The Bertz CT molecular complexity index is 382. The van der Waals surface area contributed by atoms with Crippen molar-refractivity contribution in [3.63, 3.8) is 0 Å². The summed E-state index contributed by atoms with van der Waals surface area (Å²) in [5, 5.41) is 10.4. The van der Waals surface area contributed by atoms with Crippen LogP contribution in [0.3, 0.4) is 0 Å². The Hall–Kier alpha value is -0.580. The van der Waals surface area contributed by atoms with E-state index in [4.69, 9.17) is 10.5 Å². The van der Waals surface area contributed by atoms with Crippen molar-refractivity contribution in [3.8, 4) is 5.75 Å². The maximum absolute atomic E-state index is 10.4. The van der Waals surface area contributed by atoms with Crippen LogP contribution in [0.4, 0.5) is 0 Å². The highest BCUT2D eigenvalue weighted by atomic mass is 79.9. The molecule has 1 rings (SSSR count). The quantitative estimate of drug-likeness (QED) is 0.848. The molecule has 0 spiro atoms. The molecule has 0 heterocycles. The van der Waals surface area contributed by atoms with Gasteiger partial charge in [-0.2, -0.15) is 0 Å². The smallest absolute Gasteiger partial charge is 0.133 e. The van der Waals surface area contributed by atoms with Gasteiger partial charge in [-0.05, 0) is 52.5 Å². The third kappa shape index (κ3) is 3.97. The number of rotatable bonds is 6. The van der Waals surface area contributed by atoms with Gasteiger partial charge >= 0.3 is 0 Å². The summed E-state index contributed by atoms with van der Waals surface area (Å²) >= 11 is 3.43. The number of halogens is 1. The Kier molecular flexibility index (Phi) is 6.12. The van der Waals surface area contributed by atoms with Crippen LogP contribution >= 0.6 is 15.9 Å². The number of ether oxygens (including phenoxy) is 1. The Morgan fingerprint density at radius 3 is 2.50 bits per heavy atom. The van der Waals surface area contributed by atoms with Gasteiger partial charge in [0.1, 0.15) is 5.75 Å². The van der Waals surface area contributed by atoms with E-state index in [-0.39, 0.29) is 5.92 Å².